The number of aryl methyl sites for hydroxylation is 1. The van der Waals surface area contributed by atoms with Gasteiger partial charge in [-0.25, -0.2) is 9.98 Å². The molecule has 3 rings (SSSR count). The Balaban J connectivity index is 0.00000261. The smallest absolute Gasteiger partial charge is 0.191 e. The van der Waals surface area contributed by atoms with Crippen LogP contribution in [0.2, 0.25) is 0 Å². The second-order valence-electron chi connectivity index (χ2n) is 6.59. The van der Waals surface area contributed by atoms with E-state index >= 15 is 0 Å². The number of rotatable bonds is 8. The zero-order valence-corrected chi connectivity index (χ0v) is 19.3. The molecule has 1 unspecified atom stereocenters. The molecule has 2 N–H and O–H groups in total. The number of hydrogen-bond acceptors (Lipinski definition) is 5. The number of nitrogens with one attached hydrogen (secondary N) is 2. The van der Waals surface area contributed by atoms with Crippen molar-refractivity contribution in [1.29, 1.82) is 0 Å². The van der Waals surface area contributed by atoms with Gasteiger partial charge >= 0.3 is 0 Å². The Kier molecular flexibility index (Phi) is 9.57. The minimum Gasteiger partial charge on any atom is -0.469 e. The Bertz CT molecular complexity index is 688. The number of aliphatic imine (C=N–C) groups is 1. The molecule has 1 atom stereocenters. The van der Waals surface area contributed by atoms with Crippen LogP contribution in [0.5, 0.6) is 0 Å². The summed E-state index contributed by atoms with van der Waals surface area (Å²) in [5.74, 6) is 1.84. The Labute approximate surface area is 182 Å². The molecule has 150 valence electrons. The summed E-state index contributed by atoms with van der Waals surface area (Å²) in [5, 5.41) is 8.00. The van der Waals surface area contributed by atoms with E-state index in [2.05, 4.69) is 34.4 Å². The van der Waals surface area contributed by atoms with Crippen LogP contribution >= 0.6 is 35.3 Å². The molecule has 3 heterocycles. The molecule has 6 nitrogen and oxygen atoms in total. The summed E-state index contributed by atoms with van der Waals surface area (Å²) < 4.78 is 5.40. The lowest BCUT2D eigenvalue weighted by Crippen LogP contribution is -2.45. The van der Waals surface area contributed by atoms with E-state index in [4.69, 9.17) is 9.41 Å². The van der Waals surface area contributed by atoms with Crippen LogP contribution in [0.4, 0.5) is 0 Å². The molecule has 0 radical (unpaired) electrons. The van der Waals surface area contributed by atoms with Gasteiger partial charge in [0, 0.05) is 36.6 Å². The molecule has 0 amide bonds. The second kappa shape index (κ2) is 11.7. The molecule has 27 heavy (non-hydrogen) atoms. The Morgan fingerprint density at radius 3 is 3.04 bits per heavy atom. The van der Waals surface area contributed by atoms with Crippen LogP contribution in [0.3, 0.4) is 0 Å². The van der Waals surface area contributed by atoms with Gasteiger partial charge in [-0.05, 0) is 45.0 Å². The number of halogens is 1. The molecule has 8 heteroatoms. The van der Waals surface area contributed by atoms with Crippen LogP contribution < -0.4 is 10.6 Å². The zero-order valence-electron chi connectivity index (χ0n) is 16.1. The number of guanidine groups is 1. The van der Waals surface area contributed by atoms with Gasteiger partial charge in [-0.1, -0.05) is 6.92 Å². The molecular weight excluding hydrogens is 473 g/mol. The van der Waals surface area contributed by atoms with E-state index in [1.54, 1.807) is 17.6 Å². The molecule has 1 saturated heterocycles. The SMILES string of the molecule is CCN1CCCC1CNC(=NCc1ncc(C)s1)NCCc1ccco1.I. The normalized spacial score (nSPS) is 17.7. The van der Waals surface area contributed by atoms with Crippen molar-refractivity contribution in [2.45, 2.75) is 45.7 Å². The number of likely N-dealkylation sites (tertiary alicyclic amines) is 1. The van der Waals surface area contributed by atoms with Crippen molar-refractivity contribution >= 4 is 41.3 Å². The first-order chi connectivity index (χ1) is 12.7. The molecule has 0 spiro atoms. The molecule has 1 fully saturated rings. The summed E-state index contributed by atoms with van der Waals surface area (Å²) in [5.41, 5.74) is 0. The largest absolute Gasteiger partial charge is 0.469 e. The maximum absolute atomic E-state index is 5.40. The standard InChI is InChI=1S/C19H29N5OS.HI/c1-3-24-10-4-6-16(24)13-22-19(20-9-8-17-7-5-11-25-17)23-14-18-21-12-15(2)26-18;/h5,7,11-12,16H,3-4,6,8-10,13-14H2,1-2H3,(H2,20,22,23);1H. The van der Waals surface area contributed by atoms with E-state index in [9.17, 15) is 0 Å². The third-order valence-corrected chi connectivity index (χ3v) is 5.59. The highest BCUT2D eigenvalue weighted by Crippen LogP contribution is 2.15. The summed E-state index contributed by atoms with van der Waals surface area (Å²) in [6, 6.07) is 4.52. The van der Waals surface area contributed by atoms with Gasteiger partial charge in [0.2, 0.25) is 0 Å². The third kappa shape index (κ3) is 7.08. The molecule has 2 aromatic heterocycles. The van der Waals surface area contributed by atoms with Crippen molar-refractivity contribution in [2.24, 2.45) is 4.99 Å². The summed E-state index contributed by atoms with van der Waals surface area (Å²) >= 11 is 1.70. The fraction of sp³-hybridized carbons (Fsp3) is 0.579. The van der Waals surface area contributed by atoms with Gasteiger partial charge in [0.1, 0.15) is 10.8 Å². The van der Waals surface area contributed by atoms with E-state index in [0.717, 1.165) is 42.8 Å². The van der Waals surface area contributed by atoms with Crippen molar-refractivity contribution in [3.8, 4) is 0 Å². The van der Waals surface area contributed by atoms with Crippen LogP contribution in [0.15, 0.2) is 34.0 Å². The van der Waals surface area contributed by atoms with Crippen LogP contribution in [0.25, 0.3) is 0 Å². The Morgan fingerprint density at radius 1 is 1.44 bits per heavy atom. The second-order valence-corrected chi connectivity index (χ2v) is 7.91. The van der Waals surface area contributed by atoms with Gasteiger partial charge in [-0.3, -0.25) is 4.90 Å². The minimum atomic E-state index is 0. The summed E-state index contributed by atoms with van der Waals surface area (Å²) in [6.45, 7) is 8.96. The summed E-state index contributed by atoms with van der Waals surface area (Å²) in [6.07, 6.45) is 7.01. The first kappa shape index (κ1) is 22.2. The van der Waals surface area contributed by atoms with Gasteiger partial charge in [0.25, 0.3) is 0 Å². The summed E-state index contributed by atoms with van der Waals surface area (Å²) in [7, 11) is 0. The van der Waals surface area contributed by atoms with E-state index in [1.165, 1.54) is 24.3 Å². The number of furan rings is 1. The lowest BCUT2D eigenvalue weighted by molar-refractivity contribution is 0.267. The zero-order chi connectivity index (χ0) is 18.2. The highest BCUT2D eigenvalue weighted by molar-refractivity contribution is 14.0. The van der Waals surface area contributed by atoms with Crippen LogP contribution in [0.1, 0.15) is 35.4 Å². The van der Waals surface area contributed by atoms with Gasteiger partial charge in [0.05, 0.1) is 12.8 Å². The molecule has 0 bridgehead atoms. The van der Waals surface area contributed by atoms with Gasteiger partial charge in [-0.2, -0.15) is 0 Å². The third-order valence-electron chi connectivity index (χ3n) is 4.70. The van der Waals surface area contributed by atoms with Crippen molar-refractivity contribution < 1.29 is 4.42 Å². The maximum Gasteiger partial charge on any atom is 0.191 e. The van der Waals surface area contributed by atoms with Gasteiger partial charge in [-0.15, -0.1) is 35.3 Å². The Morgan fingerprint density at radius 2 is 2.33 bits per heavy atom. The molecule has 0 saturated carbocycles. The fourth-order valence-electron chi connectivity index (χ4n) is 3.31. The number of likely N-dealkylation sites (N-methyl/N-ethyl adjacent to an activating group) is 1. The minimum absolute atomic E-state index is 0. The number of aromatic nitrogens is 1. The van der Waals surface area contributed by atoms with Crippen molar-refractivity contribution in [3.05, 3.63) is 40.2 Å². The molecule has 1 aliphatic heterocycles. The average molecular weight is 503 g/mol. The van der Waals surface area contributed by atoms with E-state index in [0.29, 0.717) is 12.6 Å². The predicted octanol–water partition coefficient (Wildman–Crippen LogP) is 3.42. The highest BCUT2D eigenvalue weighted by atomic mass is 127. The van der Waals surface area contributed by atoms with Crippen LogP contribution in [-0.2, 0) is 13.0 Å². The average Bonchev–Trinajstić information content (AvgIpc) is 3.38. The Hall–Kier alpha value is -1.13. The van der Waals surface area contributed by atoms with E-state index in [1.807, 2.05) is 18.3 Å². The van der Waals surface area contributed by atoms with E-state index in [-0.39, 0.29) is 24.0 Å². The maximum atomic E-state index is 5.40. The van der Waals surface area contributed by atoms with Gasteiger partial charge in [0.15, 0.2) is 5.96 Å². The van der Waals surface area contributed by atoms with Crippen LogP contribution in [0, 0.1) is 6.92 Å². The van der Waals surface area contributed by atoms with Gasteiger partial charge < -0.3 is 15.1 Å². The van der Waals surface area contributed by atoms with Crippen molar-refractivity contribution in [3.63, 3.8) is 0 Å². The van der Waals surface area contributed by atoms with Crippen LogP contribution in [-0.4, -0.2) is 48.1 Å². The first-order valence-electron chi connectivity index (χ1n) is 9.44. The number of hydrogen-bond donors (Lipinski definition) is 2. The fourth-order valence-corrected chi connectivity index (χ4v) is 4.02. The summed E-state index contributed by atoms with van der Waals surface area (Å²) in [4.78, 5) is 12.9. The molecule has 1 aliphatic rings. The first-order valence-corrected chi connectivity index (χ1v) is 10.3. The topological polar surface area (TPSA) is 65.7 Å². The quantitative estimate of drug-likeness (QED) is 0.329. The van der Waals surface area contributed by atoms with E-state index < -0.39 is 0 Å². The molecular formula is C19H30IN5OS. The number of thiazole rings is 1. The monoisotopic (exact) mass is 503 g/mol. The molecule has 2 aromatic rings. The highest BCUT2D eigenvalue weighted by Gasteiger charge is 2.22. The number of nitrogens with zero attached hydrogens (tertiary/aromatic N) is 3. The predicted molar refractivity (Wildman–Crippen MR) is 122 cm³/mol. The van der Waals surface area contributed by atoms with Crippen molar-refractivity contribution in [1.82, 2.24) is 20.5 Å². The lowest BCUT2D eigenvalue weighted by Gasteiger charge is -2.24. The lowest BCUT2D eigenvalue weighted by atomic mass is 10.2. The molecule has 0 aromatic carbocycles. The van der Waals surface area contributed by atoms with Crippen molar-refractivity contribution in [2.75, 3.05) is 26.2 Å². The molecule has 0 aliphatic carbocycles.